The Labute approximate surface area is 115 Å². The smallest absolute Gasteiger partial charge is 0.269 e. The number of nitrogens with one attached hydrogen (secondary N) is 2. The van der Waals surface area contributed by atoms with Gasteiger partial charge in [0.15, 0.2) is 0 Å². The quantitative estimate of drug-likeness (QED) is 0.734. The van der Waals surface area contributed by atoms with E-state index in [1.807, 2.05) is 13.1 Å². The normalized spacial score (nSPS) is 10.8. The Balaban J connectivity index is 2.35. The van der Waals surface area contributed by atoms with Gasteiger partial charge in [-0.1, -0.05) is 0 Å². The summed E-state index contributed by atoms with van der Waals surface area (Å²) >= 11 is 0. The topological polar surface area (TPSA) is 57.3 Å². The van der Waals surface area contributed by atoms with Gasteiger partial charge in [-0.3, -0.25) is 9.78 Å². The van der Waals surface area contributed by atoms with E-state index >= 15 is 0 Å². The Morgan fingerprint density at radius 1 is 1.47 bits per heavy atom. The van der Waals surface area contributed by atoms with Crippen molar-refractivity contribution in [2.24, 2.45) is 0 Å². The minimum absolute atomic E-state index is 0.121. The molecule has 0 fully saturated rings. The van der Waals surface area contributed by atoms with Crippen LogP contribution in [-0.4, -0.2) is 49.0 Å². The highest BCUT2D eigenvalue weighted by molar-refractivity contribution is 5.93. The average Bonchev–Trinajstić information content (AvgIpc) is 2.42. The van der Waals surface area contributed by atoms with Crippen molar-refractivity contribution in [3.8, 4) is 0 Å². The molecule has 1 heterocycles. The molecule has 0 aliphatic rings. The molecule has 0 aliphatic heterocycles. The summed E-state index contributed by atoms with van der Waals surface area (Å²) in [5.74, 6) is -0.121. The lowest BCUT2D eigenvalue weighted by Gasteiger charge is -2.20. The van der Waals surface area contributed by atoms with Crippen LogP contribution in [0.15, 0.2) is 18.3 Å². The van der Waals surface area contributed by atoms with Crippen LogP contribution >= 0.6 is 0 Å². The molecule has 0 saturated heterocycles. The maximum Gasteiger partial charge on any atom is 0.269 e. The van der Waals surface area contributed by atoms with E-state index < -0.39 is 0 Å². The summed E-state index contributed by atoms with van der Waals surface area (Å²) in [5, 5.41) is 5.88. The summed E-state index contributed by atoms with van der Waals surface area (Å²) in [6.45, 7) is 5.96. The second kappa shape index (κ2) is 7.74. The summed E-state index contributed by atoms with van der Waals surface area (Å²) in [7, 11) is 3.91. The highest BCUT2D eigenvalue weighted by Crippen LogP contribution is 2.06. The number of carbonyl (C=O) groups excluding carboxylic acids is 1. The number of anilines is 1. The zero-order chi connectivity index (χ0) is 14.3. The van der Waals surface area contributed by atoms with Crippen molar-refractivity contribution in [3.63, 3.8) is 0 Å². The number of hydrogen-bond acceptors (Lipinski definition) is 4. The number of hydrogen-bond donors (Lipinski definition) is 2. The van der Waals surface area contributed by atoms with Crippen LogP contribution in [-0.2, 0) is 0 Å². The van der Waals surface area contributed by atoms with Crippen LogP contribution in [0.4, 0.5) is 5.69 Å². The second-order valence-electron chi connectivity index (χ2n) is 4.86. The highest BCUT2D eigenvalue weighted by Gasteiger charge is 2.07. The first-order valence-corrected chi connectivity index (χ1v) is 6.67. The number of carbonyl (C=O) groups is 1. The fraction of sp³-hybridized carbons (Fsp3) is 0.571. The van der Waals surface area contributed by atoms with Gasteiger partial charge in [-0.15, -0.1) is 0 Å². The van der Waals surface area contributed by atoms with Crippen LogP contribution in [0.5, 0.6) is 0 Å². The van der Waals surface area contributed by atoms with Crippen molar-refractivity contribution in [3.05, 3.63) is 24.0 Å². The van der Waals surface area contributed by atoms with Crippen LogP contribution < -0.4 is 10.6 Å². The van der Waals surface area contributed by atoms with E-state index in [1.54, 1.807) is 12.3 Å². The molecule has 0 unspecified atom stereocenters. The summed E-state index contributed by atoms with van der Waals surface area (Å²) in [6.07, 6.45) is 2.57. The van der Waals surface area contributed by atoms with E-state index in [-0.39, 0.29) is 5.91 Å². The molecule has 0 aliphatic carbocycles. The number of nitrogens with zero attached hydrogens (tertiary/aromatic N) is 2. The molecule has 1 aromatic rings. The van der Waals surface area contributed by atoms with Gasteiger partial charge < -0.3 is 15.5 Å². The molecular weight excluding hydrogens is 240 g/mol. The van der Waals surface area contributed by atoms with Crippen molar-refractivity contribution in [1.29, 1.82) is 0 Å². The predicted octanol–water partition coefficient (Wildman–Crippen LogP) is 1.58. The molecule has 0 bridgehead atoms. The van der Waals surface area contributed by atoms with Crippen LogP contribution in [0.2, 0.25) is 0 Å². The highest BCUT2D eigenvalue weighted by atomic mass is 16.1. The second-order valence-corrected chi connectivity index (χ2v) is 4.86. The lowest BCUT2D eigenvalue weighted by molar-refractivity contribution is 0.0946. The molecule has 0 atom stereocenters. The van der Waals surface area contributed by atoms with Crippen molar-refractivity contribution >= 4 is 11.6 Å². The van der Waals surface area contributed by atoms with Crippen LogP contribution in [0.1, 0.15) is 30.8 Å². The van der Waals surface area contributed by atoms with E-state index in [2.05, 4.69) is 41.4 Å². The van der Waals surface area contributed by atoms with Crippen molar-refractivity contribution in [2.45, 2.75) is 26.3 Å². The fourth-order valence-corrected chi connectivity index (χ4v) is 1.59. The van der Waals surface area contributed by atoms with E-state index in [0.29, 0.717) is 18.3 Å². The summed E-state index contributed by atoms with van der Waals surface area (Å²) in [5.41, 5.74) is 1.34. The third kappa shape index (κ3) is 5.26. The molecule has 0 aromatic carbocycles. The van der Waals surface area contributed by atoms with Gasteiger partial charge in [0.05, 0.1) is 0 Å². The van der Waals surface area contributed by atoms with E-state index in [1.165, 1.54) is 0 Å². The minimum atomic E-state index is -0.121. The Bertz CT molecular complexity index is 406. The Morgan fingerprint density at radius 3 is 2.84 bits per heavy atom. The SMILES string of the molecule is CNc1ccnc(C(=O)NCCCN(C)C(C)C)c1. The third-order valence-corrected chi connectivity index (χ3v) is 3.14. The average molecular weight is 264 g/mol. The van der Waals surface area contributed by atoms with Gasteiger partial charge in [-0.05, 0) is 46.0 Å². The molecular formula is C14H24N4O. The number of aromatic nitrogens is 1. The maximum absolute atomic E-state index is 11.9. The third-order valence-electron chi connectivity index (χ3n) is 3.14. The number of rotatable bonds is 7. The number of pyridine rings is 1. The van der Waals surface area contributed by atoms with Gasteiger partial charge in [0.25, 0.3) is 5.91 Å². The monoisotopic (exact) mass is 264 g/mol. The lowest BCUT2D eigenvalue weighted by Crippen LogP contribution is -2.31. The van der Waals surface area contributed by atoms with Gasteiger partial charge in [0, 0.05) is 31.5 Å². The lowest BCUT2D eigenvalue weighted by atomic mass is 10.3. The molecule has 1 aromatic heterocycles. The molecule has 1 rings (SSSR count). The minimum Gasteiger partial charge on any atom is -0.388 e. The first-order valence-electron chi connectivity index (χ1n) is 6.67. The Morgan fingerprint density at radius 2 is 2.21 bits per heavy atom. The molecule has 106 valence electrons. The molecule has 19 heavy (non-hydrogen) atoms. The molecule has 0 spiro atoms. The standard InChI is InChI=1S/C14H24N4O/c1-11(2)18(4)9-5-7-17-14(19)13-10-12(15-3)6-8-16-13/h6,8,10-11H,5,7,9H2,1-4H3,(H,15,16)(H,17,19). The van der Waals surface area contributed by atoms with E-state index in [0.717, 1.165) is 18.7 Å². The summed E-state index contributed by atoms with van der Waals surface area (Å²) in [4.78, 5) is 18.2. The molecule has 0 saturated carbocycles. The Kier molecular flexibility index (Phi) is 6.29. The summed E-state index contributed by atoms with van der Waals surface area (Å²) < 4.78 is 0. The Hall–Kier alpha value is -1.62. The molecule has 5 nitrogen and oxygen atoms in total. The van der Waals surface area contributed by atoms with Gasteiger partial charge in [0.1, 0.15) is 5.69 Å². The van der Waals surface area contributed by atoms with Crippen molar-refractivity contribution in [2.75, 3.05) is 32.5 Å². The van der Waals surface area contributed by atoms with Gasteiger partial charge in [0.2, 0.25) is 0 Å². The molecule has 5 heteroatoms. The van der Waals surface area contributed by atoms with E-state index in [9.17, 15) is 4.79 Å². The zero-order valence-electron chi connectivity index (χ0n) is 12.2. The van der Waals surface area contributed by atoms with Crippen LogP contribution in [0, 0.1) is 0 Å². The van der Waals surface area contributed by atoms with Crippen molar-refractivity contribution < 1.29 is 4.79 Å². The molecule has 0 radical (unpaired) electrons. The maximum atomic E-state index is 11.9. The fourth-order valence-electron chi connectivity index (χ4n) is 1.59. The van der Waals surface area contributed by atoms with Gasteiger partial charge in [-0.2, -0.15) is 0 Å². The largest absolute Gasteiger partial charge is 0.388 e. The molecule has 2 N–H and O–H groups in total. The zero-order valence-corrected chi connectivity index (χ0v) is 12.2. The number of amides is 1. The summed E-state index contributed by atoms with van der Waals surface area (Å²) in [6, 6.07) is 4.11. The van der Waals surface area contributed by atoms with Gasteiger partial charge in [-0.25, -0.2) is 0 Å². The van der Waals surface area contributed by atoms with Crippen LogP contribution in [0.25, 0.3) is 0 Å². The van der Waals surface area contributed by atoms with Gasteiger partial charge >= 0.3 is 0 Å². The van der Waals surface area contributed by atoms with Crippen LogP contribution in [0.3, 0.4) is 0 Å². The first kappa shape index (κ1) is 15.4. The first-order chi connectivity index (χ1) is 9.04. The molecule has 1 amide bonds. The predicted molar refractivity (Wildman–Crippen MR) is 78.5 cm³/mol. The van der Waals surface area contributed by atoms with Crippen molar-refractivity contribution in [1.82, 2.24) is 15.2 Å². The van der Waals surface area contributed by atoms with E-state index in [4.69, 9.17) is 0 Å².